The van der Waals surface area contributed by atoms with Gasteiger partial charge in [-0.1, -0.05) is 53.7 Å². The highest BCUT2D eigenvalue weighted by Gasteiger charge is 2.23. The summed E-state index contributed by atoms with van der Waals surface area (Å²) in [6.45, 7) is 5.12. The molecule has 2 aromatic heterocycles. The summed E-state index contributed by atoms with van der Waals surface area (Å²) in [4.78, 5) is 16.3. The van der Waals surface area contributed by atoms with Crippen molar-refractivity contribution in [3.8, 4) is 11.4 Å². The number of carbonyl (C=O) groups excluding carboxylic acids is 1. The Morgan fingerprint density at radius 3 is 2.83 bits per heavy atom. The second-order valence-electron chi connectivity index (χ2n) is 7.19. The van der Waals surface area contributed by atoms with Crippen LogP contribution in [0.25, 0.3) is 22.3 Å². The predicted molar refractivity (Wildman–Crippen MR) is 120 cm³/mol. The molecule has 1 atom stereocenters. The van der Waals surface area contributed by atoms with Crippen molar-refractivity contribution in [2.45, 2.75) is 30.8 Å². The summed E-state index contributed by atoms with van der Waals surface area (Å²) in [6, 6.07) is 16.0. The van der Waals surface area contributed by atoms with Crippen molar-refractivity contribution in [2.24, 2.45) is 0 Å². The molecule has 0 saturated heterocycles. The lowest BCUT2D eigenvalue weighted by Crippen LogP contribution is -2.15. The summed E-state index contributed by atoms with van der Waals surface area (Å²) in [5.41, 5.74) is 3.82. The van der Waals surface area contributed by atoms with Gasteiger partial charge in [0.1, 0.15) is 0 Å². The van der Waals surface area contributed by atoms with E-state index in [0.29, 0.717) is 23.9 Å². The lowest BCUT2D eigenvalue weighted by molar-refractivity contribution is 0.0995. The number of carbonyl (C=O) groups is 1. The van der Waals surface area contributed by atoms with Crippen molar-refractivity contribution in [3.63, 3.8) is 0 Å². The Morgan fingerprint density at radius 1 is 1.20 bits per heavy atom. The predicted octanol–water partition coefficient (Wildman–Crippen LogP) is 4.74. The van der Waals surface area contributed by atoms with Gasteiger partial charge in [-0.3, -0.25) is 9.36 Å². The smallest absolute Gasteiger partial charge is 0.192 e. The van der Waals surface area contributed by atoms with Gasteiger partial charge in [0.15, 0.2) is 16.8 Å². The van der Waals surface area contributed by atoms with E-state index in [1.165, 1.54) is 11.8 Å². The standard InChI is InChI=1S/C23H24N4O2S/c1-15-7-6-8-17(13-15)22-25-26-23(27(22)11-12-29-3)30-16(2)21(28)19-14-24-20-10-5-4-9-18(19)20/h4-10,13-14,16,24H,11-12H2,1-3H3/t16-/m1/s1. The minimum Gasteiger partial charge on any atom is -0.383 e. The highest BCUT2D eigenvalue weighted by molar-refractivity contribution is 8.00. The van der Waals surface area contributed by atoms with Gasteiger partial charge >= 0.3 is 0 Å². The zero-order chi connectivity index (χ0) is 21.1. The number of aromatic amines is 1. The van der Waals surface area contributed by atoms with Gasteiger partial charge in [0.2, 0.25) is 0 Å². The zero-order valence-corrected chi connectivity index (χ0v) is 18.1. The van der Waals surface area contributed by atoms with Crippen molar-refractivity contribution in [3.05, 3.63) is 65.9 Å². The van der Waals surface area contributed by atoms with Crippen LogP contribution in [0.15, 0.2) is 59.9 Å². The Balaban J connectivity index is 1.62. The first-order valence-electron chi connectivity index (χ1n) is 9.84. The Bertz CT molecular complexity index is 1180. The number of Topliss-reactive ketones (excluding diaryl/α,β-unsaturated/α-hetero) is 1. The van der Waals surface area contributed by atoms with E-state index in [1.54, 1.807) is 13.3 Å². The minimum atomic E-state index is -0.305. The van der Waals surface area contributed by atoms with Crippen LogP contribution in [0.1, 0.15) is 22.8 Å². The maximum Gasteiger partial charge on any atom is 0.192 e. The van der Waals surface area contributed by atoms with Crippen LogP contribution in [-0.4, -0.2) is 44.5 Å². The number of H-pyrrole nitrogens is 1. The number of ketones is 1. The molecule has 0 saturated carbocycles. The number of hydrogen-bond acceptors (Lipinski definition) is 5. The molecule has 0 aliphatic rings. The molecule has 0 spiro atoms. The van der Waals surface area contributed by atoms with Gasteiger partial charge in [-0.25, -0.2) is 0 Å². The van der Waals surface area contributed by atoms with Crippen LogP contribution < -0.4 is 0 Å². The highest BCUT2D eigenvalue weighted by Crippen LogP contribution is 2.30. The fourth-order valence-corrected chi connectivity index (χ4v) is 4.41. The first kappa shape index (κ1) is 20.4. The molecule has 0 radical (unpaired) electrons. The number of ether oxygens (including phenoxy) is 1. The van der Waals surface area contributed by atoms with Gasteiger partial charge in [-0.2, -0.15) is 0 Å². The van der Waals surface area contributed by atoms with Crippen LogP contribution in [0.2, 0.25) is 0 Å². The molecule has 30 heavy (non-hydrogen) atoms. The fraction of sp³-hybridized carbons (Fsp3) is 0.261. The second kappa shape index (κ2) is 8.85. The average molecular weight is 421 g/mol. The molecule has 0 unspecified atom stereocenters. The number of rotatable bonds is 8. The van der Waals surface area contributed by atoms with Crippen LogP contribution in [0.3, 0.4) is 0 Å². The number of aromatic nitrogens is 4. The topological polar surface area (TPSA) is 72.8 Å². The molecule has 1 N–H and O–H groups in total. The number of hydrogen-bond donors (Lipinski definition) is 1. The number of nitrogens with one attached hydrogen (secondary N) is 1. The number of para-hydroxylation sites is 1. The maximum atomic E-state index is 13.1. The van der Waals surface area contributed by atoms with Gasteiger partial charge in [0.05, 0.1) is 18.4 Å². The first-order valence-corrected chi connectivity index (χ1v) is 10.7. The summed E-state index contributed by atoms with van der Waals surface area (Å²) in [7, 11) is 1.67. The number of aryl methyl sites for hydroxylation is 1. The number of fused-ring (bicyclic) bond motifs is 1. The molecule has 0 bridgehead atoms. The van der Waals surface area contributed by atoms with E-state index in [0.717, 1.165) is 27.9 Å². The van der Waals surface area contributed by atoms with E-state index in [2.05, 4.69) is 34.2 Å². The minimum absolute atomic E-state index is 0.0656. The van der Waals surface area contributed by atoms with Crippen LogP contribution in [0.5, 0.6) is 0 Å². The van der Waals surface area contributed by atoms with Crippen LogP contribution in [-0.2, 0) is 11.3 Å². The number of thioether (sulfide) groups is 1. The van der Waals surface area contributed by atoms with Gasteiger partial charge < -0.3 is 9.72 Å². The lowest BCUT2D eigenvalue weighted by atomic mass is 10.1. The van der Waals surface area contributed by atoms with Crippen molar-refractivity contribution >= 4 is 28.4 Å². The van der Waals surface area contributed by atoms with Crippen LogP contribution >= 0.6 is 11.8 Å². The first-order chi connectivity index (χ1) is 14.6. The van der Waals surface area contributed by atoms with Gasteiger partial charge in [-0.05, 0) is 26.0 Å². The normalized spacial score (nSPS) is 12.4. The van der Waals surface area contributed by atoms with Crippen molar-refractivity contribution in [2.75, 3.05) is 13.7 Å². The molecular weight excluding hydrogens is 396 g/mol. The number of benzene rings is 2. The van der Waals surface area contributed by atoms with Crippen LogP contribution in [0.4, 0.5) is 0 Å². The SMILES string of the molecule is COCCn1c(S[C@H](C)C(=O)c2c[nH]c3ccccc23)nnc1-c1cccc(C)c1. The molecule has 4 aromatic rings. The molecule has 2 heterocycles. The lowest BCUT2D eigenvalue weighted by Gasteiger charge is -2.13. The monoisotopic (exact) mass is 420 g/mol. The average Bonchev–Trinajstić information content (AvgIpc) is 3.36. The third-order valence-corrected chi connectivity index (χ3v) is 6.10. The summed E-state index contributed by atoms with van der Waals surface area (Å²) in [5.74, 6) is 0.848. The Labute approximate surface area is 179 Å². The van der Waals surface area contributed by atoms with E-state index < -0.39 is 0 Å². The van der Waals surface area contributed by atoms with Gasteiger partial charge in [0, 0.05) is 35.3 Å². The molecule has 2 aromatic carbocycles. The van der Waals surface area contributed by atoms with E-state index in [1.807, 2.05) is 47.9 Å². The molecule has 4 rings (SSSR count). The van der Waals surface area contributed by atoms with E-state index in [9.17, 15) is 4.79 Å². The summed E-state index contributed by atoms with van der Waals surface area (Å²) < 4.78 is 7.32. The van der Waals surface area contributed by atoms with Crippen molar-refractivity contribution in [1.29, 1.82) is 0 Å². The number of nitrogens with zero attached hydrogens (tertiary/aromatic N) is 3. The summed E-state index contributed by atoms with van der Waals surface area (Å²) in [5, 5.41) is 10.2. The third kappa shape index (κ3) is 4.04. The third-order valence-electron chi connectivity index (χ3n) is 5.02. The quantitative estimate of drug-likeness (QED) is 0.329. The summed E-state index contributed by atoms with van der Waals surface area (Å²) in [6.07, 6.45) is 1.79. The summed E-state index contributed by atoms with van der Waals surface area (Å²) >= 11 is 1.43. The molecule has 0 amide bonds. The Morgan fingerprint density at radius 2 is 2.03 bits per heavy atom. The molecule has 6 nitrogen and oxygen atoms in total. The molecule has 7 heteroatoms. The molecular formula is C23H24N4O2S. The fourth-order valence-electron chi connectivity index (χ4n) is 3.46. The molecule has 0 aliphatic heterocycles. The second-order valence-corrected chi connectivity index (χ2v) is 8.50. The van der Waals surface area contributed by atoms with Crippen LogP contribution in [0, 0.1) is 6.92 Å². The van der Waals surface area contributed by atoms with Gasteiger partial charge in [-0.15, -0.1) is 10.2 Å². The molecule has 0 aliphatic carbocycles. The highest BCUT2D eigenvalue weighted by atomic mass is 32.2. The Kier molecular flexibility index (Phi) is 6.01. The van der Waals surface area contributed by atoms with Crippen molar-refractivity contribution < 1.29 is 9.53 Å². The van der Waals surface area contributed by atoms with E-state index in [4.69, 9.17) is 4.74 Å². The van der Waals surface area contributed by atoms with E-state index >= 15 is 0 Å². The molecule has 154 valence electrons. The molecule has 0 fully saturated rings. The largest absolute Gasteiger partial charge is 0.383 e. The van der Waals surface area contributed by atoms with Gasteiger partial charge in [0.25, 0.3) is 0 Å². The van der Waals surface area contributed by atoms with Crippen molar-refractivity contribution in [1.82, 2.24) is 19.7 Å². The Hall–Kier alpha value is -2.90. The van der Waals surface area contributed by atoms with E-state index in [-0.39, 0.29) is 11.0 Å². The number of methoxy groups -OCH3 is 1. The maximum absolute atomic E-state index is 13.1. The zero-order valence-electron chi connectivity index (χ0n) is 17.3.